The van der Waals surface area contributed by atoms with Crippen molar-refractivity contribution in [3.63, 3.8) is 0 Å². The fraction of sp³-hybridized carbons (Fsp3) is 0.438. The lowest BCUT2D eigenvalue weighted by molar-refractivity contribution is -0.137. The van der Waals surface area contributed by atoms with Crippen LogP contribution >= 0.6 is 0 Å². The van der Waals surface area contributed by atoms with E-state index in [1.165, 1.54) is 6.07 Å². The van der Waals surface area contributed by atoms with Crippen molar-refractivity contribution in [1.82, 2.24) is 5.32 Å². The lowest BCUT2D eigenvalue weighted by atomic mass is 10.2. The molecule has 0 spiro atoms. The zero-order chi connectivity index (χ0) is 17.5. The number of carbonyl (C=O) groups excluding carboxylic acids is 1. The minimum atomic E-state index is -1.07. The molecule has 1 amide bonds. The summed E-state index contributed by atoms with van der Waals surface area (Å²) in [5.41, 5.74) is -0.253. The number of aliphatic carboxylic acids is 1. The summed E-state index contributed by atoms with van der Waals surface area (Å²) in [5, 5.41) is 20.2. The molecule has 0 aliphatic carbocycles. The van der Waals surface area contributed by atoms with E-state index in [1.807, 2.05) is 6.07 Å². The number of ether oxygens (including phenoxy) is 2. The van der Waals surface area contributed by atoms with Crippen LogP contribution in [0, 0.1) is 11.3 Å². The van der Waals surface area contributed by atoms with Gasteiger partial charge in [0.25, 0.3) is 0 Å². The summed E-state index contributed by atoms with van der Waals surface area (Å²) < 4.78 is 10.6. The number of carboxylic acids is 1. The topological polar surface area (TPSA) is 109 Å². The van der Waals surface area contributed by atoms with Crippen molar-refractivity contribution >= 4 is 12.1 Å². The molecule has 0 heterocycles. The molecule has 0 bridgehead atoms. The average molecular weight is 320 g/mol. The van der Waals surface area contributed by atoms with E-state index < -0.39 is 23.7 Å². The van der Waals surface area contributed by atoms with Gasteiger partial charge in [-0.1, -0.05) is 6.07 Å². The highest BCUT2D eigenvalue weighted by atomic mass is 16.6. The van der Waals surface area contributed by atoms with Gasteiger partial charge in [-0.3, -0.25) is 4.79 Å². The first kappa shape index (κ1) is 18.3. The second-order valence-electron chi connectivity index (χ2n) is 5.89. The Morgan fingerprint density at radius 3 is 2.65 bits per heavy atom. The molecule has 0 unspecified atom stereocenters. The number of rotatable bonds is 6. The van der Waals surface area contributed by atoms with Crippen molar-refractivity contribution in [2.45, 2.75) is 38.8 Å². The number of carbonyl (C=O) groups is 2. The number of nitrogens with zero attached hydrogens (tertiary/aromatic N) is 1. The third-order valence-electron chi connectivity index (χ3n) is 2.56. The number of nitriles is 1. The number of hydrogen-bond donors (Lipinski definition) is 2. The Morgan fingerprint density at radius 2 is 2.09 bits per heavy atom. The van der Waals surface area contributed by atoms with Crippen LogP contribution in [0.4, 0.5) is 4.79 Å². The standard InChI is InChI=1S/C16H20N2O5/c1-16(2,3)23-15(21)18-12(8-14(19)20)10-22-13-6-4-5-11(7-13)9-17/h4-7,12H,8,10H2,1-3H3,(H,18,21)(H,19,20)/t12-/m1/s1. The number of carboxylic acid groups (broad SMARTS) is 1. The molecule has 124 valence electrons. The summed E-state index contributed by atoms with van der Waals surface area (Å²) in [6.07, 6.45) is -1.02. The molecule has 7 heteroatoms. The van der Waals surface area contributed by atoms with E-state index >= 15 is 0 Å². The van der Waals surface area contributed by atoms with E-state index in [1.54, 1.807) is 39.0 Å². The van der Waals surface area contributed by atoms with Crippen molar-refractivity contribution in [2.75, 3.05) is 6.61 Å². The molecular formula is C16H20N2O5. The first-order chi connectivity index (χ1) is 10.7. The summed E-state index contributed by atoms with van der Waals surface area (Å²) in [5.74, 6) is -0.647. The quantitative estimate of drug-likeness (QED) is 0.832. The van der Waals surface area contributed by atoms with Gasteiger partial charge < -0.3 is 19.9 Å². The first-order valence-electron chi connectivity index (χ1n) is 7.04. The SMILES string of the molecule is CC(C)(C)OC(=O)N[C@@H](COc1cccc(C#N)c1)CC(=O)O. The van der Waals surface area contributed by atoms with Gasteiger partial charge in [-0.05, 0) is 39.0 Å². The fourth-order valence-corrected chi connectivity index (χ4v) is 1.69. The van der Waals surface area contributed by atoms with Crippen LogP contribution in [0.3, 0.4) is 0 Å². The molecule has 1 rings (SSSR count). The zero-order valence-electron chi connectivity index (χ0n) is 13.3. The van der Waals surface area contributed by atoms with Crippen LogP contribution in [0.5, 0.6) is 5.75 Å². The van der Waals surface area contributed by atoms with Gasteiger partial charge in [-0.15, -0.1) is 0 Å². The second kappa shape index (κ2) is 8.03. The van der Waals surface area contributed by atoms with Crippen LogP contribution in [0.25, 0.3) is 0 Å². The molecule has 0 aliphatic heterocycles. The van der Waals surface area contributed by atoms with E-state index in [9.17, 15) is 9.59 Å². The summed E-state index contributed by atoms with van der Waals surface area (Å²) in [6.45, 7) is 5.08. The zero-order valence-corrected chi connectivity index (χ0v) is 13.3. The predicted octanol–water partition coefficient (Wildman–Crippen LogP) is 2.31. The molecule has 0 saturated heterocycles. The minimum Gasteiger partial charge on any atom is -0.491 e. The summed E-state index contributed by atoms with van der Waals surface area (Å²) in [6, 6.07) is 7.68. The van der Waals surface area contributed by atoms with Crippen molar-refractivity contribution in [3.05, 3.63) is 29.8 Å². The smallest absolute Gasteiger partial charge is 0.408 e. The highest BCUT2D eigenvalue weighted by Gasteiger charge is 2.21. The maximum absolute atomic E-state index is 11.7. The molecule has 23 heavy (non-hydrogen) atoms. The Bertz CT molecular complexity index is 601. The molecule has 0 fully saturated rings. The van der Waals surface area contributed by atoms with Gasteiger partial charge in [0.05, 0.1) is 24.1 Å². The van der Waals surface area contributed by atoms with E-state index in [2.05, 4.69) is 5.32 Å². The van der Waals surface area contributed by atoms with Crippen LogP contribution < -0.4 is 10.1 Å². The molecule has 1 aromatic rings. The molecule has 0 aromatic heterocycles. The molecule has 7 nitrogen and oxygen atoms in total. The van der Waals surface area contributed by atoms with E-state index in [-0.39, 0.29) is 13.0 Å². The van der Waals surface area contributed by atoms with Crippen molar-refractivity contribution < 1.29 is 24.2 Å². The Balaban J connectivity index is 2.65. The molecule has 1 aromatic carbocycles. The molecule has 0 aliphatic rings. The predicted molar refractivity (Wildman–Crippen MR) is 82.1 cm³/mol. The Labute approximate surface area is 134 Å². The van der Waals surface area contributed by atoms with Crippen molar-refractivity contribution in [3.8, 4) is 11.8 Å². The van der Waals surface area contributed by atoms with Gasteiger partial charge in [0.1, 0.15) is 18.0 Å². The van der Waals surface area contributed by atoms with Gasteiger partial charge in [0.2, 0.25) is 0 Å². The normalized spacial score (nSPS) is 11.9. The minimum absolute atomic E-state index is 0.0551. The number of alkyl carbamates (subject to hydrolysis) is 1. The molecule has 0 radical (unpaired) electrons. The van der Waals surface area contributed by atoms with Crippen LogP contribution in [0.1, 0.15) is 32.8 Å². The van der Waals surface area contributed by atoms with Crippen LogP contribution in [-0.2, 0) is 9.53 Å². The highest BCUT2D eigenvalue weighted by molar-refractivity contribution is 5.71. The molecule has 0 saturated carbocycles. The summed E-state index contributed by atoms with van der Waals surface area (Å²) >= 11 is 0. The number of benzene rings is 1. The van der Waals surface area contributed by atoms with Gasteiger partial charge >= 0.3 is 12.1 Å². The highest BCUT2D eigenvalue weighted by Crippen LogP contribution is 2.13. The maximum atomic E-state index is 11.7. The molecule has 1 atom stereocenters. The monoisotopic (exact) mass is 320 g/mol. The Hall–Kier alpha value is -2.75. The fourth-order valence-electron chi connectivity index (χ4n) is 1.69. The molecular weight excluding hydrogens is 300 g/mol. The van der Waals surface area contributed by atoms with Crippen molar-refractivity contribution in [2.24, 2.45) is 0 Å². The van der Waals surface area contributed by atoms with Gasteiger partial charge in [-0.2, -0.15) is 5.26 Å². The van der Waals surface area contributed by atoms with Gasteiger partial charge in [0.15, 0.2) is 0 Å². The van der Waals surface area contributed by atoms with Crippen LogP contribution in [0.15, 0.2) is 24.3 Å². The number of hydrogen-bond acceptors (Lipinski definition) is 5. The number of amides is 1. The largest absolute Gasteiger partial charge is 0.491 e. The van der Waals surface area contributed by atoms with Crippen LogP contribution in [0.2, 0.25) is 0 Å². The maximum Gasteiger partial charge on any atom is 0.408 e. The van der Waals surface area contributed by atoms with Gasteiger partial charge in [0, 0.05) is 0 Å². The van der Waals surface area contributed by atoms with Crippen LogP contribution in [-0.4, -0.2) is 35.4 Å². The summed E-state index contributed by atoms with van der Waals surface area (Å²) in [4.78, 5) is 22.6. The number of nitrogens with one attached hydrogen (secondary N) is 1. The van der Waals surface area contributed by atoms with Gasteiger partial charge in [-0.25, -0.2) is 4.79 Å². The second-order valence-corrected chi connectivity index (χ2v) is 5.89. The Kier molecular flexibility index (Phi) is 6.39. The Morgan fingerprint density at radius 1 is 1.39 bits per heavy atom. The first-order valence-corrected chi connectivity index (χ1v) is 7.04. The lowest BCUT2D eigenvalue weighted by Gasteiger charge is -2.23. The van der Waals surface area contributed by atoms with E-state index in [4.69, 9.17) is 19.8 Å². The van der Waals surface area contributed by atoms with E-state index in [0.29, 0.717) is 11.3 Å². The summed E-state index contributed by atoms with van der Waals surface area (Å²) in [7, 11) is 0. The third-order valence-corrected chi connectivity index (χ3v) is 2.56. The lowest BCUT2D eigenvalue weighted by Crippen LogP contribution is -2.43. The average Bonchev–Trinajstić information content (AvgIpc) is 2.42. The van der Waals surface area contributed by atoms with E-state index in [0.717, 1.165) is 0 Å². The molecule has 2 N–H and O–H groups in total. The third kappa shape index (κ3) is 7.71. The van der Waals surface area contributed by atoms with Crippen molar-refractivity contribution in [1.29, 1.82) is 5.26 Å².